The van der Waals surface area contributed by atoms with E-state index in [1.165, 1.54) is 19.3 Å². The van der Waals surface area contributed by atoms with Gasteiger partial charge in [-0.25, -0.2) is 4.98 Å². The van der Waals surface area contributed by atoms with Gasteiger partial charge in [0.05, 0.1) is 5.52 Å². The summed E-state index contributed by atoms with van der Waals surface area (Å²) < 4.78 is 0.451. The fourth-order valence-electron chi connectivity index (χ4n) is 3.48. The molecule has 0 fully saturated rings. The number of rotatable bonds is 10. The second kappa shape index (κ2) is 10.9. The number of H-pyrrole nitrogens is 1. The number of nitrogens with zero attached hydrogens (tertiary/aromatic N) is 1. The Bertz CT molecular complexity index is 1030. The number of carbonyl (C=O) groups is 1. The largest absolute Gasteiger partial charge is 0.365 e. The Labute approximate surface area is 183 Å². The van der Waals surface area contributed by atoms with Crippen LogP contribution in [0.4, 0.5) is 5.82 Å². The van der Waals surface area contributed by atoms with Gasteiger partial charge in [-0.3, -0.25) is 4.79 Å². The van der Waals surface area contributed by atoms with Crippen molar-refractivity contribution in [2.24, 2.45) is 5.92 Å². The van der Waals surface area contributed by atoms with Gasteiger partial charge in [-0.15, -0.1) is 0 Å². The number of hydrogen-bond acceptors (Lipinski definition) is 4. The van der Waals surface area contributed by atoms with Gasteiger partial charge in [0.1, 0.15) is 5.82 Å². The number of carbonyl (C=O) groups excluding carboxylic acids is 1. The van der Waals surface area contributed by atoms with Crippen LogP contribution < -0.4 is 10.6 Å². The highest BCUT2D eigenvalue weighted by Crippen LogP contribution is 2.20. The number of aromatic nitrogens is 2. The summed E-state index contributed by atoms with van der Waals surface area (Å²) in [5, 5.41) is 7.44. The fourth-order valence-corrected chi connectivity index (χ4v) is 3.68. The third-order valence-corrected chi connectivity index (χ3v) is 5.60. The summed E-state index contributed by atoms with van der Waals surface area (Å²) in [6.07, 6.45) is 4.67. The minimum Gasteiger partial charge on any atom is -0.365 e. The maximum atomic E-state index is 12.5. The number of aromatic amines is 1. The van der Waals surface area contributed by atoms with Gasteiger partial charge in [0.15, 0.2) is 4.77 Å². The molecule has 0 saturated heterocycles. The molecule has 0 bridgehead atoms. The van der Waals surface area contributed by atoms with E-state index >= 15 is 0 Å². The van der Waals surface area contributed by atoms with Crippen molar-refractivity contribution < 1.29 is 4.79 Å². The molecule has 3 N–H and O–H groups in total. The fraction of sp³-hybridized carbons (Fsp3) is 0.375. The zero-order valence-corrected chi connectivity index (χ0v) is 18.5. The van der Waals surface area contributed by atoms with E-state index in [1.54, 1.807) is 0 Å². The Hall–Kier alpha value is -2.73. The van der Waals surface area contributed by atoms with Gasteiger partial charge in [0.2, 0.25) is 0 Å². The highest BCUT2D eigenvalue weighted by Gasteiger charge is 2.10. The lowest BCUT2D eigenvalue weighted by molar-refractivity contribution is 0.0946. The summed E-state index contributed by atoms with van der Waals surface area (Å²) in [6.45, 7) is 5.73. The van der Waals surface area contributed by atoms with Crippen LogP contribution in [0, 0.1) is 10.7 Å². The van der Waals surface area contributed by atoms with Gasteiger partial charge in [-0.05, 0) is 54.4 Å². The van der Waals surface area contributed by atoms with Crippen LogP contribution in [-0.4, -0.2) is 22.4 Å². The van der Waals surface area contributed by atoms with Crippen LogP contribution in [0.1, 0.15) is 55.5 Å². The third-order valence-electron chi connectivity index (χ3n) is 5.41. The first kappa shape index (κ1) is 22.0. The number of amides is 1. The SMILES string of the molecule is CCCC[C@H](CC)CNC(=O)c1ccc(CNc2nc(=S)[nH]c3ccccc23)cc1. The van der Waals surface area contributed by atoms with E-state index in [9.17, 15) is 4.79 Å². The average Bonchev–Trinajstić information content (AvgIpc) is 2.77. The number of nitrogens with one attached hydrogen (secondary N) is 3. The van der Waals surface area contributed by atoms with E-state index < -0.39 is 0 Å². The quantitative estimate of drug-likeness (QED) is 0.358. The molecule has 6 heteroatoms. The summed E-state index contributed by atoms with van der Waals surface area (Å²) in [6, 6.07) is 15.6. The minimum atomic E-state index is -0.00790. The Kier molecular flexibility index (Phi) is 7.97. The van der Waals surface area contributed by atoms with E-state index in [0.29, 0.717) is 22.8 Å². The molecule has 5 nitrogen and oxygen atoms in total. The van der Waals surface area contributed by atoms with Crippen LogP contribution in [0.5, 0.6) is 0 Å². The Morgan fingerprint density at radius 2 is 1.90 bits per heavy atom. The molecular formula is C24H30N4OS. The third kappa shape index (κ3) is 5.89. The molecule has 1 aromatic heterocycles. The van der Waals surface area contributed by atoms with Crippen LogP contribution >= 0.6 is 12.2 Å². The molecule has 0 spiro atoms. The van der Waals surface area contributed by atoms with Crippen molar-refractivity contribution in [1.82, 2.24) is 15.3 Å². The molecule has 0 aliphatic heterocycles. The maximum Gasteiger partial charge on any atom is 0.251 e. The Morgan fingerprint density at radius 1 is 1.13 bits per heavy atom. The highest BCUT2D eigenvalue weighted by atomic mass is 32.1. The number of anilines is 1. The van der Waals surface area contributed by atoms with Gasteiger partial charge in [-0.2, -0.15) is 0 Å². The Balaban J connectivity index is 1.58. The van der Waals surface area contributed by atoms with E-state index in [4.69, 9.17) is 12.2 Å². The van der Waals surface area contributed by atoms with Crippen LogP contribution in [0.3, 0.4) is 0 Å². The maximum absolute atomic E-state index is 12.5. The molecule has 3 rings (SSSR count). The van der Waals surface area contributed by atoms with Gasteiger partial charge in [0.25, 0.3) is 5.91 Å². The van der Waals surface area contributed by atoms with Gasteiger partial charge < -0.3 is 15.6 Å². The van der Waals surface area contributed by atoms with Gasteiger partial charge in [0, 0.05) is 24.0 Å². The molecule has 0 aliphatic carbocycles. The molecule has 0 aliphatic rings. The number of fused-ring (bicyclic) bond motifs is 1. The molecule has 30 heavy (non-hydrogen) atoms. The zero-order valence-electron chi connectivity index (χ0n) is 17.7. The lowest BCUT2D eigenvalue weighted by Gasteiger charge is -2.15. The molecule has 0 saturated carbocycles. The smallest absolute Gasteiger partial charge is 0.251 e. The van der Waals surface area contributed by atoms with E-state index in [1.807, 2.05) is 48.5 Å². The van der Waals surface area contributed by atoms with Crippen molar-refractivity contribution in [2.45, 2.75) is 46.1 Å². The Morgan fingerprint density at radius 3 is 2.63 bits per heavy atom. The van der Waals surface area contributed by atoms with Crippen LogP contribution in [0.15, 0.2) is 48.5 Å². The average molecular weight is 423 g/mol. The topological polar surface area (TPSA) is 69.8 Å². The zero-order chi connectivity index (χ0) is 21.3. The molecule has 2 aromatic carbocycles. The molecule has 0 unspecified atom stereocenters. The lowest BCUT2D eigenvalue weighted by Crippen LogP contribution is -2.29. The first-order valence-corrected chi connectivity index (χ1v) is 11.1. The number of hydrogen-bond donors (Lipinski definition) is 3. The minimum absolute atomic E-state index is 0.00790. The summed E-state index contributed by atoms with van der Waals surface area (Å²) >= 11 is 5.23. The van der Waals surface area contributed by atoms with Crippen LogP contribution in [-0.2, 0) is 6.54 Å². The predicted octanol–water partition coefficient (Wildman–Crippen LogP) is 5.85. The lowest BCUT2D eigenvalue weighted by atomic mass is 9.99. The molecule has 158 valence electrons. The molecule has 0 radical (unpaired) electrons. The number of benzene rings is 2. The van der Waals surface area contributed by atoms with Crippen molar-refractivity contribution in [3.63, 3.8) is 0 Å². The first-order valence-electron chi connectivity index (χ1n) is 10.7. The van der Waals surface area contributed by atoms with Crippen molar-refractivity contribution in [3.8, 4) is 0 Å². The number of para-hydroxylation sites is 1. The van der Waals surface area contributed by atoms with Crippen molar-refractivity contribution in [1.29, 1.82) is 0 Å². The van der Waals surface area contributed by atoms with Gasteiger partial charge in [-0.1, -0.05) is 57.4 Å². The first-order chi connectivity index (χ1) is 14.6. The van der Waals surface area contributed by atoms with Crippen molar-refractivity contribution in [3.05, 3.63) is 64.4 Å². The summed E-state index contributed by atoms with van der Waals surface area (Å²) in [7, 11) is 0. The summed E-state index contributed by atoms with van der Waals surface area (Å²) in [4.78, 5) is 20.0. The molecule has 1 heterocycles. The predicted molar refractivity (Wildman–Crippen MR) is 126 cm³/mol. The van der Waals surface area contributed by atoms with Crippen molar-refractivity contribution >= 4 is 34.8 Å². The highest BCUT2D eigenvalue weighted by molar-refractivity contribution is 7.71. The normalized spacial score (nSPS) is 11.9. The number of unbranched alkanes of at least 4 members (excludes halogenated alkanes) is 1. The standard InChI is InChI=1S/C24H30N4OS/c1-3-5-8-17(4-2)15-26-23(29)19-13-11-18(12-14-19)16-25-22-20-9-6-7-10-21(20)27-24(30)28-22/h6-7,9-14,17H,3-5,8,15-16H2,1-2H3,(H,26,29)(H2,25,27,28,30)/t17-/m0/s1. The molecular weight excluding hydrogens is 392 g/mol. The van der Waals surface area contributed by atoms with Crippen LogP contribution in [0.2, 0.25) is 0 Å². The second-order valence-electron chi connectivity index (χ2n) is 7.61. The summed E-state index contributed by atoms with van der Waals surface area (Å²) in [5.41, 5.74) is 2.72. The second-order valence-corrected chi connectivity index (χ2v) is 8.00. The molecule has 1 amide bonds. The van der Waals surface area contributed by atoms with Crippen molar-refractivity contribution in [2.75, 3.05) is 11.9 Å². The van der Waals surface area contributed by atoms with Crippen LogP contribution in [0.25, 0.3) is 10.9 Å². The molecule has 3 aromatic rings. The molecule has 1 atom stereocenters. The van der Waals surface area contributed by atoms with E-state index in [0.717, 1.165) is 35.2 Å². The van der Waals surface area contributed by atoms with E-state index in [-0.39, 0.29) is 5.91 Å². The summed E-state index contributed by atoms with van der Waals surface area (Å²) in [5.74, 6) is 1.30. The monoisotopic (exact) mass is 422 g/mol. The van der Waals surface area contributed by atoms with E-state index in [2.05, 4.69) is 34.4 Å². The van der Waals surface area contributed by atoms with Gasteiger partial charge >= 0.3 is 0 Å².